The molecule has 9 nitrogen and oxygen atoms in total. The van der Waals surface area contributed by atoms with Gasteiger partial charge in [-0.25, -0.2) is 0 Å². The second-order valence-electron chi connectivity index (χ2n) is 13.0. The average molecular weight is 668 g/mol. The van der Waals surface area contributed by atoms with Crippen molar-refractivity contribution in [3.8, 4) is 0 Å². The van der Waals surface area contributed by atoms with Gasteiger partial charge >= 0.3 is 0 Å². The Morgan fingerprint density at radius 1 is 0.702 bits per heavy atom. The molecule has 7 unspecified atom stereocenters. The van der Waals surface area contributed by atoms with Gasteiger partial charge in [0.25, 0.3) is 0 Å². The van der Waals surface area contributed by atoms with Crippen molar-refractivity contribution >= 4 is 5.91 Å². The minimum Gasteiger partial charge on any atom is -0.394 e. The molecular formula is C38H69NO8. The van der Waals surface area contributed by atoms with Crippen LogP contribution in [0.25, 0.3) is 0 Å². The minimum atomic E-state index is -1.57. The van der Waals surface area contributed by atoms with Gasteiger partial charge in [0.05, 0.1) is 25.4 Å². The number of amides is 1. The highest BCUT2D eigenvalue weighted by atomic mass is 16.7. The monoisotopic (exact) mass is 668 g/mol. The van der Waals surface area contributed by atoms with E-state index in [2.05, 4.69) is 43.5 Å². The van der Waals surface area contributed by atoms with E-state index in [1.165, 1.54) is 70.6 Å². The summed E-state index contributed by atoms with van der Waals surface area (Å²) in [7, 11) is 0. The SMILES string of the molecule is CCCCCCC/C=C/CC/C=C/C(O)C(COC1OC(CO)C(O)C(O)C1O)NC(=O)CCCCC/C=C\CCCCCCCC. The standard InChI is InChI=1S/C38H69NO8/c1-3-5-7-9-11-13-15-16-18-20-22-24-26-28-34(42)39-31(30-46-38-37(45)36(44)35(43)33(29-40)47-38)32(41)27-25-23-21-19-17-14-12-10-8-6-4-2/h16-19,25,27,31-33,35-38,40-41,43-45H,3-15,20-24,26,28-30H2,1-2H3,(H,39,42)/b18-16-,19-17+,27-25+. The van der Waals surface area contributed by atoms with Gasteiger partial charge in [0.2, 0.25) is 5.91 Å². The summed E-state index contributed by atoms with van der Waals surface area (Å²) in [6, 6.07) is -0.824. The molecule has 0 spiro atoms. The zero-order valence-corrected chi connectivity index (χ0v) is 29.5. The summed E-state index contributed by atoms with van der Waals surface area (Å²) in [5.74, 6) is -0.208. The second-order valence-corrected chi connectivity index (χ2v) is 13.0. The van der Waals surface area contributed by atoms with E-state index >= 15 is 0 Å². The van der Waals surface area contributed by atoms with E-state index in [0.29, 0.717) is 6.42 Å². The third-order valence-corrected chi connectivity index (χ3v) is 8.69. The van der Waals surface area contributed by atoms with Crippen LogP contribution in [0.3, 0.4) is 0 Å². The summed E-state index contributed by atoms with van der Waals surface area (Å²) < 4.78 is 11.1. The number of aliphatic hydroxyl groups is 5. The molecule has 7 atom stereocenters. The first-order valence-electron chi connectivity index (χ1n) is 18.7. The summed E-state index contributed by atoms with van der Waals surface area (Å²) in [6.07, 6.45) is 26.2. The molecule has 6 N–H and O–H groups in total. The number of nitrogens with one attached hydrogen (secondary N) is 1. The zero-order chi connectivity index (χ0) is 34.5. The van der Waals surface area contributed by atoms with Crippen LogP contribution in [0.1, 0.15) is 142 Å². The van der Waals surface area contributed by atoms with Gasteiger partial charge in [-0.3, -0.25) is 4.79 Å². The molecule has 1 heterocycles. The maximum Gasteiger partial charge on any atom is 0.220 e. The number of hydrogen-bond acceptors (Lipinski definition) is 8. The largest absolute Gasteiger partial charge is 0.394 e. The maximum absolute atomic E-state index is 12.8. The number of ether oxygens (including phenoxy) is 2. The lowest BCUT2D eigenvalue weighted by molar-refractivity contribution is -0.302. The smallest absolute Gasteiger partial charge is 0.220 e. The van der Waals surface area contributed by atoms with Crippen molar-refractivity contribution in [2.24, 2.45) is 0 Å². The van der Waals surface area contributed by atoms with E-state index in [4.69, 9.17) is 9.47 Å². The molecular weight excluding hydrogens is 598 g/mol. The molecule has 0 saturated carbocycles. The van der Waals surface area contributed by atoms with Crippen LogP contribution in [0.4, 0.5) is 0 Å². The molecule has 1 fully saturated rings. The van der Waals surface area contributed by atoms with E-state index in [1.807, 2.05) is 6.08 Å². The first-order chi connectivity index (χ1) is 22.8. The Bertz CT molecular complexity index is 833. The highest BCUT2D eigenvalue weighted by Crippen LogP contribution is 2.22. The maximum atomic E-state index is 12.8. The topological polar surface area (TPSA) is 149 Å². The van der Waals surface area contributed by atoms with Crippen molar-refractivity contribution in [1.82, 2.24) is 5.32 Å². The fourth-order valence-corrected chi connectivity index (χ4v) is 5.57. The Hall–Kier alpha value is -1.59. The highest BCUT2D eigenvalue weighted by molar-refractivity contribution is 5.76. The number of carbonyl (C=O) groups is 1. The van der Waals surface area contributed by atoms with Crippen molar-refractivity contribution in [1.29, 1.82) is 0 Å². The molecule has 0 aromatic carbocycles. The van der Waals surface area contributed by atoms with Crippen LogP contribution in [0, 0.1) is 0 Å². The third kappa shape index (κ3) is 21.2. The van der Waals surface area contributed by atoms with Crippen LogP contribution in [0.15, 0.2) is 36.5 Å². The van der Waals surface area contributed by atoms with E-state index in [9.17, 15) is 30.3 Å². The molecule has 274 valence electrons. The Morgan fingerprint density at radius 3 is 1.79 bits per heavy atom. The Morgan fingerprint density at radius 2 is 1.21 bits per heavy atom. The van der Waals surface area contributed by atoms with E-state index in [0.717, 1.165) is 51.4 Å². The first kappa shape index (κ1) is 43.4. The average Bonchev–Trinajstić information content (AvgIpc) is 3.07. The number of rotatable bonds is 29. The summed E-state index contributed by atoms with van der Waals surface area (Å²) in [6.45, 7) is 3.67. The highest BCUT2D eigenvalue weighted by Gasteiger charge is 2.44. The molecule has 0 aromatic heterocycles. The van der Waals surface area contributed by atoms with Crippen LogP contribution in [-0.2, 0) is 14.3 Å². The van der Waals surface area contributed by atoms with Crippen molar-refractivity contribution in [3.63, 3.8) is 0 Å². The van der Waals surface area contributed by atoms with Gasteiger partial charge in [0.15, 0.2) is 6.29 Å². The van der Waals surface area contributed by atoms with E-state index < -0.39 is 49.5 Å². The fourth-order valence-electron chi connectivity index (χ4n) is 5.57. The van der Waals surface area contributed by atoms with Gasteiger partial charge in [-0.15, -0.1) is 0 Å². The number of aliphatic hydroxyl groups excluding tert-OH is 5. The third-order valence-electron chi connectivity index (χ3n) is 8.69. The fraction of sp³-hybridized carbons (Fsp3) is 0.816. The van der Waals surface area contributed by atoms with Crippen molar-refractivity contribution in [3.05, 3.63) is 36.5 Å². The molecule has 1 saturated heterocycles. The Balaban J connectivity index is 2.52. The molecule has 1 amide bonds. The van der Waals surface area contributed by atoms with Crippen molar-refractivity contribution in [2.75, 3.05) is 13.2 Å². The number of hydrogen-bond donors (Lipinski definition) is 6. The molecule has 0 aliphatic carbocycles. The first-order valence-corrected chi connectivity index (χ1v) is 18.7. The number of carbonyl (C=O) groups excluding carboxylic acids is 1. The normalized spacial score (nSPS) is 23.3. The van der Waals surface area contributed by atoms with Gasteiger partial charge in [0, 0.05) is 6.42 Å². The van der Waals surface area contributed by atoms with Crippen molar-refractivity contribution in [2.45, 2.75) is 185 Å². The molecule has 1 aliphatic heterocycles. The quantitative estimate of drug-likeness (QED) is 0.0411. The molecule has 47 heavy (non-hydrogen) atoms. The number of unbranched alkanes of at least 4 members (excludes halogenated alkanes) is 15. The molecule has 1 rings (SSSR count). The molecule has 1 aliphatic rings. The predicted molar refractivity (Wildman–Crippen MR) is 189 cm³/mol. The summed E-state index contributed by atoms with van der Waals surface area (Å²) in [5, 5.41) is 53.7. The van der Waals surface area contributed by atoms with Crippen LogP contribution in [-0.4, -0.2) is 87.5 Å². The Kier molecular flexibility index (Phi) is 27.1. The molecule has 0 aromatic rings. The summed E-state index contributed by atoms with van der Waals surface area (Å²) >= 11 is 0. The van der Waals surface area contributed by atoms with Gasteiger partial charge in [-0.2, -0.15) is 0 Å². The van der Waals surface area contributed by atoms with Crippen molar-refractivity contribution < 1.29 is 39.8 Å². The van der Waals surface area contributed by atoms with E-state index in [1.54, 1.807) is 6.08 Å². The molecule has 0 radical (unpaired) electrons. The lowest BCUT2D eigenvalue weighted by Crippen LogP contribution is -2.60. The minimum absolute atomic E-state index is 0.207. The number of allylic oxidation sites excluding steroid dienone is 5. The predicted octanol–water partition coefficient (Wildman–Crippen LogP) is 6.16. The van der Waals surface area contributed by atoms with Crippen LogP contribution in [0.5, 0.6) is 0 Å². The molecule has 0 bridgehead atoms. The van der Waals surface area contributed by atoms with Crippen LogP contribution >= 0.6 is 0 Å². The van der Waals surface area contributed by atoms with Crippen LogP contribution in [0.2, 0.25) is 0 Å². The Labute approximate surface area is 285 Å². The van der Waals surface area contributed by atoms with Gasteiger partial charge in [-0.05, 0) is 57.8 Å². The summed E-state index contributed by atoms with van der Waals surface area (Å²) in [4.78, 5) is 12.8. The lowest BCUT2D eigenvalue weighted by Gasteiger charge is -2.40. The zero-order valence-electron chi connectivity index (χ0n) is 29.5. The molecule has 9 heteroatoms. The van der Waals surface area contributed by atoms with E-state index in [-0.39, 0.29) is 12.5 Å². The second kappa shape index (κ2) is 29.3. The van der Waals surface area contributed by atoms with Crippen LogP contribution < -0.4 is 5.32 Å². The summed E-state index contributed by atoms with van der Waals surface area (Å²) in [5.41, 5.74) is 0. The van der Waals surface area contributed by atoms with Gasteiger partial charge < -0.3 is 40.3 Å². The van der Waals surface area contributed by atoms with Gasteiger partial charge in [-0.1, -0.05) is 115 Å². The van der Waals surface area contributed by atoms with Gasteiger partial charge in [0.1, 0.15) is 24.4 Å². The lowest BCUT2D eigenvalue weighted by atomic mass is 9.99.